The Kier molecular flexibility index (Phi) is 3.40. The Morgan fingerprint density at radius 2 is 1.63 bits per heavy atom. The van der Waals surface area contributed by atoms with Gasteiger partial charge in [-0.3, -0.25) is 0 Å². The van der Waals surface area contributed by atoms with E-state index >= 15 is 0 Å². The van der Waals surface area contributed by atoms with E-state index in [-0.39, 0.29) is 0 Å². The van der Waals surface area contributed by atoms with Crippen molar-refractivity contribution in [2.24, 2.45) is 0 Å². The van der Waals surface area contributed by atoms with Crippen molar-refractivity contribution in [3.63, 3.8) is 0 Å². The second-order valence-electron chi connectivity index (χ2n) is 4.63. The third-order valence-electron chi connectivity index (χ3n) is 3.50. The Balaban J connectivity index is 2.71. The minimum atomic E-state index is -2.02. The molecule has 0 spiro atoms. The van der Waals surface area contributed by atoms with Gasteiger partial charge in [0.05, 0.1) is 0 Å². The molecule has 2 aromatic rings. The van der Waals surface area contributed by atoms with Gasteiger partial charge in [0.25, 0.3) is 0 Å². The molecular formula is C16H16O3. The molecule has 0 saturated carbocycles. The SMILES string of the molecule is Cc1cccc(C(O)(C(=O)O)c2ccccc2)c1C. The summed E-state index contributed by atoms with van der Waals surface area (Å²) < 4.78 is 0. The molecule has 2 N–H and O–H groups in total. The third-order valence-corrected chi connectivity index (χ3v) is 3.50. The number of carboxylic acid groups (broad SMARTS) is 1. The predicted octanol–water partition coefficient (Wildman–Crippen LogP) is 2.62. The third kappa shape index (κ3) is 2.13. The van der Waals surface area contributed by atoms with Crippen LogP contribution < -0.4 is 0 Å². The summed E-state index contributed by atoms with van der Waals surface area (Å²) >= 11 is 0. The van der Waals surface area contributed by atoms with Gasteiger partial charge in [-0.05, 0) is 30.5 Å². The maximum atomic E-state index is 11.6. The van der Waals surface area contributed by atoms with E-state index in [2.05, 4.69) is 0 Å². The highest BCUT2D eigenvalue weighted by Crippen LogP contribution is 2.33. The van der Waals surface area contributed by atoms with Crippen molar-refractivity contribution in [3.8, 4) is 0 Å². The summed E-state index contributed by atoms with van der Waals surface area (Å²) in [6.45, 7) is 3.72. The van der Waals surface area contributed by atoms with Gasteiger partial charge < -0.3 is 10.2 Å². The van der Waals surface area contributed by atoms with E-state index in [0.717, 1.165) is 11.1 Å². The molecule has 0 fully saturated rings. The van der Waals surface area contributed by atoms with Crippen molar-refractivity contribution >= 4 is 5.97 Å². The van der Waals surface area contributed by atoms with Crippen molar-refractivity contribution in [3.05, 3.63) is 70.8 Å². The van der Waals surface area contributed by atoms with Crippen LogP contribution in [0.15, 0.2) is 48.5 Å². The zero-order chi connectivity index (χ0) is 14.0. The summed E-state index contributed by atoms with van der Waals surface area (Å²) in [7, 11) is 0. The molecule has 0 saturated heterocycles. The maximum absolute atomic E-state index is 11.6. The fourth-order valence-electron chi connectivity index (χ4n) is 2.22. The second kappa shape index (κ2) is 4.86. The van der Waals surface area contributed by atoms with Crippen molar-refractivity contribution in [1.82, 2.24) is 0 Å². The van der Waals surface area contributed by atoms with Crippen molar-refractivity contribution in [2.45, 2.75) is 19.4 Å². The van der Waals surface area contributed by atoms with E-state index in [0.29, 0.717) is 11.1 Å². The molecule has 1 unspecified atom stereocenters. The second-order valence-corrected chi connectivity index (χ2v) is 4.63. The number of aryl methyl sites for hydroxylation is 1. The highest BCUT2D eigenvalue weighted by atomic mass is 16.4. The summed E-state index contributed by atoms with van der Waals surface area (Å²) in [5.74, 6) is -1.27. The molecule has 2 rings (SSSR count). The molecule has 3 heteroatoms. The number of benzene rings is 2. The first-order chi connectivity index (χ1) is 8.98. The number of aliphatic carboxylic acids is 1. The van der Waals surface area contributed by atoms with E-state index < -0.39 is 11.6 Å². The fraction of sp³-hybridized carbons (Fsp3) is 0.188. The normalized spacial score (nSPS) is 13.8. The number of hydrogen-bond donors (Lipinski definition) is 2. The monoisotopic (exact) mass is 256 g/mol. The largest absolute Gasteiger partial charge is 0.479 e. The topological polar surface area (TPSA) is 57.5 Å². The lowest BCUT2D eigenvalue weighted by Crippen LogP contribution is -2.37. The molecule has 98 valence electrons. The Morgan fingerprint density at radius 1 is 1.00 bits per heavy atom. The van der Waals surface area contributed by atoms with E-state index in [1.807, 2.05) is 19.9 Å². The van der Waals surface area contributed by atoms with Crippen LogP contribution >= 0.6 is 0 Å². The first-order valence-electron chi connectivity index (χ1n) is 6.06. The standard InChI is InChI=1S/C16H16O3/c1-11-7-6-10-14(12(11)2)16(19,15(17)18)13-8-4-3-5-9-13/h3-10,19H,1-2H3,(H,17,18). The van der Waals surface area contributed by atoms with Crippen LogP contribution in [0, 0.1) is 13.8 Å². The van der Waals surface area contributed by atoms with Crippen molar-refractivity contribution in [2.75, 3.05) is 0 Å². The molecule has 0 bridgehead atoms. The van der Waals surface area contributed by atoms with Crippen molar-refractivity contribution < 1.29 is 15.0 Å². The molecule has 0 radical (unpaired) electrons. The molecule has 1 atom stereocenters. The summed E-state index contributed by atoms with van der Waals surface area (Å²) in [6.07, 6.45) is 0. The minimum Gasteiger partial charge on any atom is -0.479 e. The zero-order valence-corrected chi connectivity index (χ0v) is 10.9. The van der Waals surface area contributed by atoms with Gasteiger partial charge in [0.15, 0.2) is 0 Å². The molecule has 2 aromatic carbocycles. The Bertz CT molecular complexity index is 605. The summed E-state index contributed by atoms with van der Waals surface area (Å²) in [4.78, 5) is 11.6. The van der Waals surface area contributed by atoms with E-state index in [4.69, 9.17) is 0 Å². The van der Waals surface area contributed by atoms with Gasteiger partial charge in [-0.2, -0.15) is 0 Å². The number of carboxylic acids is 1. The van der Waals surface area contributed by atoms with E-state index in [9.17, 15) is 15.0 Å². The Hall–Kier alpha value is -2.13. The fourth-order valence-corrected chi connectivity index (χ4v) is 2.22. The lowest BCUT2D eigenvalue weighted by molar-refractivity contribution is -0.155. The van der Waals surface area contributed by atoms with Gasteiger partial charge in [-0.1, -0.05) is 48.5 Å². The average Bonchev–Trinajstić information content (AvgIpc) is 2.42. The van der Waals surface area contributed by atoms with Crippen LogP contribution in [0.3, 0.4) is 0 Å². The summed E-state index contributed by atoms with van der Waals surface area (Å²) in [5.41, 5.74) is 0.490. The van der Waals surface area contributed by atoms with Gasteiger partial charge in [0, 0.05) is 5.56 Å². The molecule has 0 aliphatic rings. The molecule has 0 amide bonds. The number of rotatable bonds is 3. The molecule has 0 aromatic heterocycles. The van der Waals surface area contributed by atoms with Gasteiger partial charge in [0.1, 0.15) is 0 Å². The van der Waals surface area contributed by atoms with Gasteiger partial charge in [-0.15, -0.1) is 0 Å². The van der Waals surface area contributed by atoms with Gasteiger partial charge in [-0.25, -0.2) is 4.79 Å². The number of aliphatic hydroxyl groups is 1. The maximum Gasteiger partial charge on any atom is 0.345 e. The van der Waals surface area contributed by atoms with Crippen LogP contribution in [-0.2, 0) is 10.4 Å². The zero-order valence-electron chi connectivity index (χ0n) is 10.9. The number of hydrogen-bond acceptors (Lipinski definition) is 2. The quantitative estimate of drug-likeness (QED) is 0.887. The Morgan fingerprint density at radius 3 is 2.21 bits per heavy atom. The van der Waals surface area contributed by atoms with Crippen molar-refractivity contribution in [1.29, 1.82) is 0 Å². The van der Waals surface area contributed by atoms with Crippen LogP contribution in [0.1, 0.15) is 22.3 Å². The molecule has 0 aliphatic heterocycles. The smallest absolute Gasteiger partial charge is 0.345 e. The predicted molar refractivity (Wildman–Crippen MR) is 73.0 cm³/mol. The van der Waals surface area contributed by atoms with Gasteiger partial charge in [0.2, 0.25) is 5.60 Å². The molecule has 0 heterocycles. The van der Waals surface area contributed by atoms with Crippen LogP contribution in [-0.4, -0.2) is 16.2 Å². The van der Waals surface area contributed by atoms with Crippen LogP contribution in [0.4, 0.5) is 0 Å². The molecule has 19 heavy (non-hydrogen) atoms. The van der Waals surface area contributed by atoms with E-state index in [1.165, 1.54) is 0 Å². The molecule has 0 aliphatic carbocycles. The highest BCUT2D eigenvalue weighted by molar-refractivity contribution is 5.84. The van der Waals surface area contributed by atoms with Crippen LogP contribution in [0.2, 0.25) is 0 Å². The first-order valence-corrected chi connectivity index (χ1v) is 6.06. The molecular weight excluding hydrogens is 240 g/mol. The minimum absolute atomic E-state index is 0.358. The summed E-state index contributed by atoms with van der Waals surface area (Å²) in [6, 6.07) is 13.8. The van der Waals surface area contributed by atoms with Gasteiger partial charge >= 0.3 is 5.97 Å². The lowest BCUT2D eigenvalue weighted by Gasteiger charge is -2.26. The van der Waals surface area contributed by atoms with Crippen LogP contribution in [0.5, 0.6) is 0 Å². The highest BCUT2D eigenvalue weighted by Gasteiger charge is 2.41. The number of carbonyl (C=O) groups is 1. The average molecular weight is 256 g/mol. The summed E-state index contributed by atoms with van der Waals surface area (Å²) in [5, 5.41) is 20.2. The Labute approximate surface area is 112 Å². The molecule has 3 nitrogen and oxygen atoms in total. The van der Waals surface area contributed by atoms with Crippen LogP contribution in [0.25, 0.3) is 0 Å². The first kappa shape index (κ1) is 13.3. The lowest BCUT2D eigenvalue weighted by atomic mass is 9.83. The van der Waals surface area contributed by atoms with E-state index in [1.54, 1.807) is 42.5 Å².